The van der Waals surface area contributed by atoms with Crippen molar-refractivity contribution in [3.63, 3.8) is 0 Å². The molecule has 0 heterocycles. The molecular formula is C14H20N2O2. The summed E-state index contributed by atoms with van der Waals surface area (Å²) in [7, 11) is 1.58. The maximum Gasteiger partial charge on any atom is 0.311 e. The minimum atomic E-state index is -0.910. The summed E-state index contributed by atoms with van der Waals surface area (Å²) in [6.07, 6.45) is 0.716. The molecular weight excluding hydrogens is 228 g/mol. The molecule has 98 valence electrons. The molecule has 0 saturated heterocycles. The number of likely N-dealkylation sites (N-methyl/N-ethyl adjacent to an activating group) is 1. The molecule has 0 saturated carbocycles. The van der Waals surface area contributed by atoms with Gasteiger partial charge in [-0.15, -0.1) is 0 Å². The summed E-state index contributed by atoms with van der Waals surface area (Å²) in [6, 6.07) is 8.29. The zero-order valence-corrected chi connectivity index (χ0v) is 11.1. The van der Waals surface area contributed by atoms with E-state index < -0.39 is 11.8 Å². The maximum atomic E-state index is 11.3. The second-order valence-corrected chi connectivity index (χ2v) is 4.74. The minimum Gasteiger partial charge on any atom is -0.361 e. The minimum absolute atomic E-state index is 0.489. The Morgan fingerprint density at radius 3 is 2.22 bits per heavy atom. The molecule has 0 unspecified atom stereocenters. The highest BCUT2D eigenvalue weighted by molar-refractivity contribution is 6.34. The fourth-order valence-electron chi connectivity index (χ4n) is 1.66. The lowest BCUT2D eigenvalue weighted by Crippen LogP contribution is -2.38. The van der Waals surface area contributed by atoms with Crippen molar-refractivity contribution in [2.24, 2.45) is 5.73 Å². The smallest absolute Gasteiger partial charge is 0.311 e. The van der Waals surface area contributed by atoms with Gasteiger partial charge in [-0.1, -0.05) is 38.1 Å². The first kappa shape index (κ1) is 14.2. The van der Waals surface area contributed by atoms with Crippen LogP contribution in [0.2, 0.25) is 0 Å². The van der Waals surface area contributed by atoms with Gasteiger partial charge >= 0.3 is 11.8 Å². The summed E-state index contributed by atoms with van der Waals surface area (Å²) >= 11 is 0. The van der Waals surface area contributed by atoms with Gasteiger partial charge < -0.3 is 10.6 Å². The number of hydrogen-bond acceptors (Lipinski definition) is 2. The van der Waals surface area contributed by atoms with Crippen LogP contribution in [0.1, 0.15) is 30.9 Å². The van der Waals surface area contributed by atoms with E-state index in [9.17, 15) is 9.59 Å². The van der Waals surface area contributed by atoms with Crippen LogP contribution in [0.15, 0.2) is 24.3 Å². The van der Waals surface area contributed by atoms with Crippen LogP contribution in [-0.2, 0) is 16.0 Å². The van der Waals surface area contributed by atoms with E-state index in [0.29, 0.717) is 18.9 Å². The molecule has 4 heteroatoms. The fourth-order valence-corrected chi connectivity index (χ4v) is 1.66. The van der Waals surface area contributed by atoms with Gasteiger partial charge in [0.15, 0.2) is 0 Å². The normalized spacial score (nSPS) is 10.4. The van der Waals surface area contributed by atoms with Crippen molar-refractivity contribution in [2.45, 2.75) is 26.2 Å². The topological polar surface area (TPSA) is 63.4 Å². The van der Waals surface area contributed by atoms with Crippen molar-refractivity contribution in [1.82, 2.24) is 4.90 Å². The summed E-state index contributed by atoms with van der Waals surface area (Å²) in [5.74, 6) is -1.04. The van der Waals surface area contributed by atoms with Crippen molar-refractivity contribution in [3.8, 4) is 0 Å². The van der Waals surface area contributed by atoms with E-state index in [1.807, 2.05) is 0 Å². The Labute approximate surface area is 108 Å². The van der Waals surface area contributed by atoms with Crippen molar-refractivity contribution in [1.29, 1.82) is 0 Å². The predicted molar refractivity (Wildman–Crippen MR) is 71.1 cm³/mol. The van der Waals surface area contributed by atoms with Crippen molar-refractivity contribution in [3.05, 3.63) is 35.4 Å². The first-order valence-electron chi connectivity index (χ1n) is 6.05. The second kappa shape index (κ2) is 6.19. The van der Waals surface area contributed by atoms with Crippen LogP contribution in [-0.4, -0.2) is 30.3 Å². The summed E-state index contributed by atoms with van der Waals surface area (Å²) in [6.45, 7) is 4.78. The van der Waals surface area contributed by atoms with Gasteiger partial charge in [0.05, 0.1) is 0 Å². The summed E-state index contributed by atoms with van der Waals surface area (Å²) in [4.78, 5) is 23.3. The molecule has 0 fully saturated rings. The molecule has 0 bridgehead atoms. The highest BCUT2D eigenvalue weighted by Crippen LogP contribution is 2.14. The lowest BCUT2D eigenvalue weighted by atomic mass is 10.0. The largest absolute Gasteiger partial charge is 0.361 e. The second-order valence-electron chi connectivity index (χ2n) is 4.74. The number of rotatable bonds is 4. The predicted octanol–water partition coefficient (Wildman–Crippen LogP) is 1.30. The number of amides is 2. The van der Waals surface area contributed by atoms with Crippen LogP contribution >= 0.6 is 0 Å². The molecule has 4 nitrogen and oxygen atoms in total. The molecule has 0 spiro atoms. The molecule has 0 aromatic heterocycles. The molecule has 2 N–H and O–H groups in total. The van der Waals surface area contributed by atoms with Crippen LogP contribution in [0.3, 0.4) is 0 Å². The van der Waals surface area contributed by atoms with Gasteiger partial charge in [0, 0.05) is 13.6 Å². The Bertz CT molecular complexity index is 424. The van der Waals surface area contributed by atoms with Crippen molar-refractivity contribution in [2.75, 3.05) is 13.6 Å². The van der Waals surface area contributed by atoms with Gasteiger partial charge in [-0.2, -0.15) is 0 Å². The van der Waals surface area contributed by atoms with Crippen LogP contribution in [0, 0.1) is 0 Å². The zero-order valence-electron chi connectivity index (χ0n) is 11.1. The van der Waals surface area contributed by atoms with Gasteiger partial charge in [-0.3, -0.25) is 9.59 Å². The number of hydrogen-bond donors (Lipinski definition) is 1. The lowest BCUT2D eigenvalue weighted by molar-refractivity contribution is -0.143. The molecule has 0 radical (unpaired) electrons. The van der Waals surface area contributed by atoms with Gasteiger partial charge in [-0.05, 0) is 23.5 Å². The highest BCUT2D eigenvalue weighted by atomic mass is 16.2. The number of nitrogens with zero attached hydrogens (tertiary/aromatic N) is 1. The summed E-state index contributed by atoms with van der Waals surface area (Å²) in [5, 5.41) is 0. The van der Waals surface area contributed by atoms with Gasteiger partial charge in [-0.25, -0.2) is 0 Å². The van der Waals surface area contributed by atoms with E-state index in [1.54, 1.807) is 7.05 Å². The summed E-state index contributed by atoms with van der Waals surface area (Å²) in [5.41, 5.74) is 7.36. The molecule has 0 atom stereocenters. The molecule has 0 aliphatic carbocycles. The summed E-state index contributed by atoms with van der Waals surface area (Å²) < 4.78 is 0. The van der Waals surface area contributed by atoms with E-state index in [0.717, 1.165) is 5.56 Å². The molecule has 2 amide bonds. The van der Waals surface area contributed by atoms with Crippen LogP contribution in [0.5, 0.6) is 0 Å². The highest BCUT2D eigenvalue weighted by Gasteiger charge is 2.14. The lowest BCUT2D eigenvalue weighted by Gasteiger charge is -2.15. The van der Waals surface area contributed by atoms with Gasteiger partial charge in [0.25, 0.3) is 0 Å². The van der Waals surface area contributed by atoms with Crippen LogP contribution in [0.4, 0.5) is 0 Å². The molecule has 18 heavy (non-hydrogen) atoms. The van der Waals surface area contributed by atoms with E-state index in [2.05, 4.69) is 38.1 Å². The molecule has 1 aromatic carbocycles. The first-order chi connectivity index (χ1) is 8.41. The Balaban J connectivity index is 2.53. The quantitative estimate of drug-likeness (QED) is 0.816. The van der Waals surface area contributed by atoms with Gasteiger partial charge in [0.2, 0.25) is 0 Å². The van der Waals surface area contributed by atoms with E-state index in [4.69, 9.17) is 5.73 Å². The standard InChI is InChI=1S/C14H20N2O2/c1-10(2)12-6-4-11(5-7-12)8-9-16(3)14(18)13(15)17/h4-7,10H,8-9H2,1-3H3,(H2,15,17). The Kier molecular flexibility index (Phi) is 4.89. The Morgan fingerprint density at radius 1 is 1.22 bits per heavy atom. The number of nitrogens with two attached hydrogens (primary N) is 1. The monoisotopic (exact) mass is 248 g/mol. The molecule has 1 rings (SSSR count). The number of carbonyl (C=O) groups is 2. The number of carbonyl (C=O) groups excluding carboxylic acids is 2. The third-order valence-electron chi connectivity index (χ3n) is 2.94. The number of benzene rings is 1. The van der Waals surface area contributed by atoms with E-state index in [-0.39, 0.29) is 0 Å². The Morgan fingerprint density at radius 2 is 1.78 bits per heavy atom. The fraction of sp³-hybridized carbons (Fsp3) is 0.429. The van der Waals surface area contributed by atoms with Crippen LogP contribution in [0.25, 0.3) is 0 Å². The average Bonchev–Trinajstić information content (AvgIpc) is 2.35. The van der Waals surface area contributed by atoms with E-state index >= 15 is 0 Å². The molecule has 0 aliphatic rings. The third-order valence-corrected chi connectivity index (χ3v) is 2.94. The number of primary amides is 1. The first-order valence-corrected chi connectivity index (χ1v) is 6.05. The van der Waals surface area contributed by atoms with E-state index in [1.165, 1.54) is 10.5 Å². The van der Waals surface area contributed by atoms with Gasteiger partial charge in [0.1, 0.15) is 0 Å². The average molecular weight is 248 g/mol. The maximum absolute atomic E-state index is 11.3. The molecule has 1 aromatic rings. The third kappa shape index (κ3) is 3.87. The Hall–Kier alpha value is -1.84. The van der Waals surface area contributed by atoms with Crippen LogP contribution < -0.4 is 5.73 Å². The van der Waals surface area contributed by atoms with Crippen molar-refractivity contribution >= 4 is 11.8 Å². The molecule has 0 aliphatic heterocycles. The zero-order chi connectivity index (χ0) is 13.7. The van der Waals surface area contributed by atoms with Crippen molar-refractivity contribution < 1.29 is 9.59 Å². The SMILES string of the molecule is CC(C)c1ccc(CCN(C)C(=O)C(N)=O)cc1.